The molecule has 1 radical (unpaired) electrons. The van der Waals surface area contributed by atoms with Crippen LogP contribution in [0.3, 0.4) is 0 Å². The first-order chi connectivity index (χ1) is 7.77. The highest BCUT2D eigenvalue weighted by Gasteiger charge is 2.17. The summed E-state index contributed by atoms with van der Waals surface area (Å²) in [6.07, 6.45) is 2.84. The summed E-state index contributed by atoms with van der Waals surface area (Å²) in [5.41, 5.74) is 2.52. The van der Waals surface area contributed by atoms with Crippen molar-refractivity contribution in [3.63, 3.8) is 0 Å². The van der Waals surface area contributed by atoms with Gasteiger partial charge in [0.15, 0.2) is 0 Å². The van der Waals surface area contributed by atoms with Crippen molar-refractivity contribution >= 4 is 7.62 Å². The van der Waals surface area contributed by atoms with E-state index < -0.39 is 0 Å². The van der Waals surface area contributed by atoms with Crippen LogP contribution in [0.15, 0.2) is 24.3 Å². The zero-order valence-electron chi connectivity index (χ0n) is 10.5. The average Bonchev–Trinajstić information content (AvgIpc) is 2.84. The Hall–Kier alpha value is -0.795. The maximum absolute atomic E-state index is 5.34. The summed E-state index contributed by atoms with van der Waals surface area (Å²) in [6, 6.07) is 8.44. The molecule has 1 aromatic carbocycles. The third-order valence-electron chi connectivity index (χ3n) is 2.57. The minimum Gasteiger partial charge on any atom is -0.416 e. The quantitative estimate of drug-likeness (QED) is 0.770. The highest BCUT2D eigenvalue weighted by Crippen LogP contribution is 2.18. The van der Waals surface area contributed by atoms with E-state index in [4.69, 9.17) is 4.65 Å². The Balaban J connectivity index is 0.000000280. The third kappa shape index (κ3) is 4.37. The second-order valence-electron chi connectivity index (χ2n) is 4.06. The molecule has 0 aliphatic carbocycles. The smallest absolute Gasteiger partial charge is 0.396 e. The van der Waals surface area contributed by atoms with E-state index in [1.165, 1.54) is 24.0 Å². The molecule has 1 N–H and O–H groups in total. The second kappa shape index (κ2) is 7.47. The number of rotatable bonds is 2. The lowest BCUT2D eigenvalue weighted by atomic mass is 10.1. The fraction of sp³-hybridized carbons (Fsp3) is 0.538. The molecule has 0 amide bonds. The average molecular weight is 218 g/mol. The van der Waals surface area contributed by atoms with Crippen LogP contribution >= 0.6 is 0 Å². The molecule has 1 aromatic rings. The summed E-state index contributed by atoms with van der Waals surface area (Å²) >= 11 is 0. The van der Waals surface area contributed by atoms with Crippen molar-refractivity contribution in [1.29, 1.82) is 0 Å². The van der Waals surface area contributed by atoms with Gasteiger partial charge in [-0.25, -0.2) is 0 Å². The molecular weight excluding hydrogens is 197 g/mol. The number of unbranched alkanes of at least 4 members (excludes halogenated alkanes) is 1. The zero-order valence-corrected chi connectivity index (χ0v) is 10.5. The minimum absolute atomic E-state index is 0.200. The molecule has 1 aliphatic heterocycles. The van der Waals surface area contributed by atoms with Crippen LogP contribution < -0.4 is 5.23 Å². The molecule has 2 nitrogen and oxygen atoms in total. The van der Waals surface area contributed by atoms with Gasteiger partial charge in [0.25, 0.3) is 0 Å². The molecule has 1 fully saturated rings. The topological polar surface area (TPSA) is 21.3 Å². The first kappa shape index (κ1) is 13.3. The van der Waals surface area contributed by atoms with Crippen LogP contribution in [0.2, 0.25) is 0 Å². The molecule has 1 unspecified atom stereocenters. The maximum Gasteiger partial charge on any atom is 0.396 e. The monoisotopic (exact) mass is 218 g/mol. The van der Waals surface area contributed by atoms with Crippen LogP contribution in [0.5, 0.6) is 0 Å². The third-order valence-corrected chi connectivity index (χ3v) is 2.57. The molecule has 16 heavy (non-hydrogen) atoms. The summed E-state index contributed by atoms with van der Waals surface area (Å²) in [5, 5.41) is 3.04. The van der Waals surface area contributed by atoms with Crippen LogP contribution in [-0.2, 0) is 4.65 Å². The normalized spacial score (nSPS) is 18.6. The van der Waals surface area contributed by atoms with E-state index in [9.17, 15) is 0 Å². The molecule has 0 bridgehead atoms. The van der Waals surface area contributed by atoms with E-state index in [2.05, 4.69) is 50.3 Å². The van der Waals surface area contributed by atoms with Gasteiger partial charge in [0, 0.05) is 6.54 Å². The molecule has 1 aliphatic rings. The summed E-state index contributed by atoms with van der Waals surface area (Å²) < 4.78 is 5.34. The SMILES string of the molecule is CCCC.Cc1ccc(C2CN[B]O2)cc1. The summed E-state index contributed by atoms with van der Waals surface area (Å²) in [5.74, 6) is 0. The van der Waals surface area contributed by atoms with E-state index in [-0.39, 0.29) is 6.10 Å². The molecule has 0 saturated carbocycles. The van der Waals surface area contributed by atoms with Crippen molar-refractivity contribution in [3.05, 3.63) is 35.4 Å². The standard InChI is InChI=1S/C9H11BNO.C4H10/c1-7-2-4-8(5-3-7)9-6-11-10-12-9;1-3-4-2/h2-5,9,11H,6H2,1H3;3-4H2,1-2H3. The molecule has 1 saturated heterocycles. The summed E-state index contributed by atoms with van der Waals surface area (Å²) in [6.45, 7) is 7.33. The van der Waals surface area contributed by atoms with Crippen molar-refractivity contribution in [2.45, 2.75) is 39.7 Å². The lowest BCUT2D eigenvalue weighted by molar-refractivity contribution is 0.259. The van der Waals surface area contributed by atoms with Crippen LogP contribution in [0.1, 0.15) is 43.9 Å². The number of hydrogen-bond acceptors (Lipinski definition) is 2. The largest absolute Gasteiger partial charge is 0.416 e. The Morgan fingerprint density at radius 3 is 2.31 bits per heavy atom. The fourth-order valence-electron chi connectivity index (χ4n) is 1.31. The number of hydrogen-bond donors (Lipinski definition) is 1. The number of nitrogens with one attached hydrogen (secondary N) is 1. The minimum atomic E-state index is 0.200. The second-order valence-corrected chi connectivity index (χ2v) is 4.06. The zero-order chi connectivity index (χ0) is 11.8. The molecule has 87 valence electrons. The Kier molecular flexibility index (Phi) is 6.20. The molecule has 0 aromatic heterocycles. The molecular formula is C13H21BNO. The number of benzene rings is 1. The number of aryl methyl sites for hydroxylation is 1. The molecule has 2 rings (SSSR count). The Bertz CT molecular complexity index is 278. The molecule has 0 spiro atoms. The van der Waals surface area contributed by atoms with Crippen LogP contribution in [-0.4, -0.2) is 14.2 Å². The lowest BCUT2D eigenvalue weighted by Gasteiger charge is -2.09. The maximum atomic E-state index is 5.34. The highest BCUT2D eigenvalue weighted by molar-refractivity contribution is 6.24. The lowest BCUT2D eigenvalue weighted by Crippen LogP contribution is -2.10. The Morgan fingerprint density at radius 2 is 1.88 bits per heavy atom. The van der Waals surface area contributed by atoms with E-state index in [0.29, 0.717) is 0 Å². The fourth-order valence-corrected chi connectivity index (χ4v) is 1.31. The van der Waals surface area contributed by atoms with Gasteiger partial charge in [-0.1, -0.05) is 56.5 Å². The van der Waals surface area contributed by atoms with Gasteiger partial charge in [0.2, 0.25) is 0 Å². The van der Waals surface area contributed by atoms with Crippen molar-refractivity contribution in [2.24, 2.45) is 0 Å². The van der Waals surface area contributed by atoms with Gasteiger partial charge in [0.1, 0.15) is 0 Å². The van der Waals surface area contributed by atoms with Gasteiger partial charge in [-0.3, -0.25) is 0 Å². The van der Waals surface area contributed by atoms with Gasteiger partial charge < -0.3 is 9.88 Å². The predicted octanol–water partition coefficient (Wildman–Crippen LogP) is 3.00. The van der Waals surface area contributed by atoms with Gasteiger partial charge in [0.05, 0.1) is 6.10 Å². The van der Waals surface area contributed by atoms with Gasteiger partial charge in [-0.15, -0.1) is 0 Å². The van der Waals surface area contributed by atoms with Crippen molar-refractivity contribution in [2.75, 3.05) is 6.54 Å². The Morgan fingerprint density at radius 1 is 1.25 bits per heavy atom. The Labute approximate surface area is 99.7 Å². The first-order valence-corrected chi connectivity index (χ1v) is 6.05. The molecule has 1 heterocycles. The predicted molar refractivity (Wildman–Crippen MR) is 69.3 cm³/mol. The molecule has 1 atom stereocenters. The van der Waals surface area contributed by atoms with Crippen LogP contribution in [0.25, 0.3) is 0 Å². The van der Waals surface area contributed by atoms with E-state index in [0.717, 1.165) is 6.54 Å². The first-order valence-electron chi connectivity index (χ1n) is 6.05. The molecule has 3 heteroatoms. The van der Waals surface area contributed by atoms with Gasteiger partial charge >= 0.3 is 7.62 Å². The van der Waals surface area contributed by atoms with Gasteiger partial charge in [-0.2, -0.15) is 0 Å². The van der Waals surface area contributed by atoms with Crippen molar-refractivity contribution in [3.8, 4) is 0 Å². The van der Waals surface area contributed by atoms with Crippen LogP contribution in [0, 0.1) is 6.92 Å². The highest BCUT2D eigenvalue weighted by atomic mass is 16.5. The van der Waals surface area contributed by atoms with Crippen molar-refractivity contribution in [1.82, 2.24) is 5.23 Å². The summed E-state index contributed by atoms with van der Waals surface area (Å²) in [7, 11) is 1.66. The summed E-state index contributed by atoms with van der Waals surface area (Å²) in [4.78, 5) is 0. The van der Waals surface area contributed by atoms with Crippen molar-refractivity contribution < 1.29 is 4.65 Å². The van der Waals surface area contributed by atoms with E-state index in [1.54, 1.807) is 7.62 Å². The van der Waals surface area contributed by atoms with Gasteiger partial charge in [-0.05, 0) is 12.5 Å². The van der Waals surface area contributed by atoms with Crippen LogP contribution in [0.4, 0.5) is 0 Å². The van der Waals surface area contributed by atoms with E-state index in [1.807, 2.05) is 0 Å². The van der Waals surface area contributed by atoms with E-state index >= 15 is 0 Å².